The van der Waals surface area contributed by atoms with Crippen molar-refractivity contribution in [2.45, 2.75) is 46.5 Å². The average molecular weight is 404 g/mol. The Balaban J connectivity index is 1.76. The number of carbonyl (C=O) groups excluding carboxylic acids is 3. The van der Waals surface area contributed by atoms with E-state index in [-0.39, 0.29) is 18.7 Å². The van der Waals surface area contributed by atoms with Gasteiger partial charge < -0.3 is 15.4 Å². The summed E-state index contributed by atoms with van der Waals surface area (Å²) in [6, 6.07) is 5.87. The van der Waals surface area contributed by atoms with Crippen LogP contribution in [0.5, 0.6) is 0 Å². The number of benzene rings is 1. The number of nitrogens with one attached hydrogen (secondary N) is 2. The van der Waals surface area contributed by atoms with E-state index in [1.54, 1.807) is 6.92 Å². The number of aryl methyl sites for hydroxylation is 3. The van der Waals surface area contributed by atoms with E-state index in [1.165, 1.54) is 11.3 Å². The fraction of sp³-hybridized carbons (Fsp3) is 0.421. The molecule has 2 N–H and O–H groups in total. The van der Waals surface area contributed by atoms with Crippen LogP contribution in [0, 0.1) is 6.92 Å². The highest BCUT2D eigenvalue weighted by atomic mass is 32.1. The predicted octanol–water partition coefficient (Wildman–Crippen LogP) is 2.87. The third-order valence-electron chi connectivity index (χ3n) is 3.96. The molecule has 0 aliphatic rings. The molecule has 150 valence electrons. The number of ether oxygens (including phenoxy) is 1. The predicted molar refractivity (Wildman–Crippen MR) is 107 cm³/mol. The van der Waals surface area contributed by atoms with E-state index < -0.39 is 18.5 Å². The van der Waals surface area contributed by atoms with Crippen LogP contribution in [0.15, 0.2) is 18.2 Å². The van der Waals surface area contributed by atoms with E-state index in [2.05, 4.69) is 20.8 Å². The third kappa shape index (κ3) is 6.41. The van der Waals surface area contributed by atoms with E-state index in [4.69, 9.17) is 4.74 Å². The molecule has 0 fully saturated rings. The Hall–Kier alpha value is -2.81. The molecule has 2 amide bonds. The highest BCUT2D eigenvalue weighted by Crippen LogP contribution is 2.22. The number of rotatable bonds is 9. The number of hydrogen-bond acceptors (Lipinski definition) is 7. The smallest absolute Gasteiger partial charge is 0.306 e. The summed E-state index contributed by atoms with van der Waals surface area (Å²) in [5, 5.41) is 14.1. The van der Waals surface area contributed by atoms with E-state index in [0.29, 0.717) is 5.13 Å². The number of anilines is 2. The normalized spacial score (nSPS) is 10.4. The second kappa shape index (κ2) is 10.5. The first-order chi connectivity index (χ1) is 13.4. The first-order valence-corrected chi connectivity index (χ1v) is 9.90. The topological polar surface area (TPSA) is 110 Å². The Bertz CT molecular complexity index is 828. The van der Waals surface area contributed by atoms with Crippen LogP contribution < -0.4 is 10.6 Å². The van der Waals surface area contributed by atoms with Gasteiger partial charge in [0, 0.05) is 12.1 Å². The van der Waals surface area contributed by atoms with E-state index in [9.17, 15) is 14.4 Å². The Morgan fingerprint density at radius 3 is 2.25 bits per heavy atom. The molecule has 0 radical (unpaired) electrons. The lowest BCUT2D eigenvalue weighted by molar-refractivity contribution is -0.147. The molecule has 1 aromatic heterocycles. The minimum atomic E-state index is -0.613. The van der Waals surface area contributed by atoms with Crippen LogP contribution in [0.4, 0.5) is 10.8 Å². The second-order valence-corrected chi connectivity index (χ2v) is 7.22. The van der Waals surface area contributed by atoms with Crippen molar-refractivity contribution in [3.05, 3.63) is 34.3 Å². The van der Waals surface area contributed by atoms with Gasteiger partial charge >= 0.3 is 5.97 Å². The molecule has 28 heavy (non-hydrogen) atoms. The molecule has 1 heterocycles. The van der Waals surface area contributed by atoms with Gasteiger partial charge in [0.05, 0.1) is 6.42 Å². The summed E-state index contributed by atoms with van der Waals surface area (Å²) < 4.78 is 4.97. The van der Waals surface area contributed by atoms with Crippen LogP contribution in [0.3, 0.4) is 0 Å². The highest BCUT2D eigenvalue weighted by molar-refractivity contribution is 7.15. The fourth-order valence-electron chi connectivity index (χ4n) is 2.54. The Morgan fingerprint density at radius 1 is 1.00 bits per heavy atom. The van der Waals surface area contributed by atoms with Crippen LogP contribution in [0.1, 0.15) is 42.8 Å². The van der Waals surface area contributed by atoms with Gasteiger partial charge in [0.25, 0.3) is 5.91 Å². The number of aromatic nitrogens is 2. The number of carbonyl (C=O) groups is 3. The Morgan fingerprint density at radius 2 is 1.68 bits per heavy atom. The van der Waals surface area contributed by atoms with Crippen LogP contribution in [-0.4, -0.2) is 34.6 Å². The van der Waals surface area contributed by atoms with Crippen LogP contribution in [-0.2, 0) is 32.0 Å². The van der Waals surface area contributed by atoms with Crippen molar-refractivity contribution in [2.75, 3.05) is 17.2 Å². The molecule has 0 bridgehead atoms. The van der Waals surface area contributed by atoms with E-state index in [1.807, 2.05) is 32.0 Å². The van der Waals surface area contributed by atoms with E-state index in [0.717, 1.165) is 34.7 Å². The standard InChI is InChI=1S/C19H24N4O4S/c1-4-13-7-6-8-14(5-2)18(13)20-16(25)11-27-17(26)10-9-15(24)21-19-23-22-12(3)28-19/h6-8H,4-5,9-11H2,1-3H3,(H,20,25)(H,21,23,24). The summed E-state index contributed by atoms with van der Waals surface area (Å²) in [6.07, 6.45) is 1.39. The largest absolute Gasteiger partial charge is 0.456 e. The molecule has 1 aromatic carbocycles. The second-order valence-electron chi connectivity index (χ2n) is 6.04. The van der Waals surface area contributed by atoms with Crippen molar-refractivity contribution >= 4 is 39.9 Å². The van der Waals surface area contributed by atoms with Gasteiger partial charge in [-0.05, 0) is 30.9 Å². The summed E-state index contributed by atoms with van der Waals surface area (Å²) in [4.78, 5) is 35.7. The van der Waals surface area contributed by atoms with Crippen molar-refractivity contribution in [1.82, 2.24) is 10.2 Å². The molecular formula is C19H24N4O4S. The zero-order valence-corrected chi connectivity index (χ0v) is 17.0. The summed E-state index contributed by atoms with van der Waals surface area (Å²) in [7, 11) is 0. The number of para-hydroxylation sites is 1. The SMILES string of the molecule is CCc1cccc(CC)c1NC(=O)COC(=O)CCC(=O)Nc1nnc(C)s1. The van der Waals surface area contributed by atoms with Crippen LogP contribution in [0.2, 0.25) is 0 Å². The maximum absolute atomic E-state index is 12.2. The fourth-order valence-corrected chi connectivity index (χ4v) is 3.15. The molecule has 0 atom stereocenters. The first kappa shape index (κ1) is 21.5. The quantitative estimate of drug-likeness (QED) is 0.622. The molecule has 9 heteroatoms. The molecule has 8 nitrogen and oxygen atoms in total. The summed E-state index contributed by atoms with van der Waals surface area (Å²) >= 11 is 1.25. The van der Waals surface area contributed by atoms with Crippen molar-refractivity contribution < 1.29 is 19.1 Å². The highest BCUT2D eigenvalue weighted by Gasteiger charge is 2.14. The van der Waals surface area contributed by atoms with Gasteiger partial charge in [-0.2, -0.15) is 0 Å². The maximum Gasteiger partial charge on any atom is 0.306 e. The molecule has 0 aliphatic carbocycles. The van der Waals surface area contributed by atoms with Gasteiger partial charge in [0.2, 0.25) is 11.0 Å². The molecule has 0 spiro atoms. The van der Waals surface area contributed by atoms with Crippen molar-refractivity contribution in [3.8, 4) is 0 Å². The monoisotopic (exact) mass is 404 g/mol. The van der Waals surface area contributed by atoms with Gasteiger partial charge in [-0.25, -0.2) is 0 Å². The van der Waals surface area contributed by atoms with Gasteiger partial charge in [0.1, 0.15) is 5.01 Å². The maximum atomic E-state index is 12.2. The van der Waals surface area contributed by atoms with Gasteiger partial charge in [-0.3, -0.25) is 14.4 Å². The number of hydrogen-bond donors (Lipinski definition) is 2. The van der Waals surface area contributed by atoms with Gasteiger partial charge in [-0.1, -0.05) is 43.4 Å². The Labute approximate surface area is 167 Å². The lowest BCUT2D eigenvalue weighted by Crippen LogP contribution is -2.23. The molecule has 0 unspecified atom stereocenters. The molecule has 2 rings (SSSR count). The number of nitrogens with zero attached hydrogens (tertiary/aromatic N) is 2. The summed E-state index contributed by atoms with van der Waals surface area (Å²) in [6.45, 7) is 5.41. The third-order valence-corrected chi connectivity index (χ3v) is 4.71. The number of esters is 1. The number of amides is 2. The first-order valence-electron chi connectivity index (χ1n) is 9.09. The molecule has 0 aliphatic heterocycles. The van der Waals surface area contributed by atoms with Gasteiger partial charge in [-0.15, -0.1) is 10.2 Å². The lowest BCUT2D eigenvalue weighted by atomic mass is 10.0. The minimum absolute atomic E-state index is 0.0578. The summed E-state index contributed by atoms with van der Waals surface area (Å²) in [5.74, 6) is -1.38. The lowest BCUT2D eigenvalue weighted by Gasteiger charge is -2.14. The minimum Gasteiger partial charge on any atom is -0.456 e. The van der Waals surface area contributed by atoms with Crippen molar-refractivity contribution in [2.24, 2.45) is 0 Å². The van der Waals surface area contributed by atoms with Crippen molar-refractivity contribution in [3.63, 3.8) is 0 Å². The Kier molecular flexibility index (Phi) is 8.06. The molecule has 0 saturated carbocycles. The summed E-state index contributed by atoms with van der Waals surface area (Å²) in [5.41, 5.74) is 2.84. The molecule has 0 saturated heterocycles. The van der Waals surface area contributed by atoms with Gasteiger partial charge in [0.15, 0.2) is 6.61 Å². The zero-order chi connectivity index (χ0) is 20.5. The molecular weight excluding hydrogens is 380 g/mol. The molecule has 2 aromatic rings. The average Bonchev–Trinajstić information content (AvgIpc) is 3.09. The van der Waals surface area contributed by atoms with Crippen LogP contribution >= 0.6 is 11.3 Å². The van der Waals surface area contributed by atoms with Crippen LogP contribution in [0.25, 0.3) is 0 Å². The van der Waals surface area contributed by atoms with Crippen molar-refractivity contribution in [1.29, 1.82) is 0 Å². The van der Waals surface area contributed by atoms with E-state index >= 15 is 0 Å². The zero-order valence-electron chi connectivity index (χ0n) is 16.2.